The van der Waals surface area contributed by atoms with Crippen LogP contribution in [0.15, 0.2) is 121 Å². The van der Waals surface area contributed by atoms with Crippen molar-refractivity contribution in [2.75, 3.05) is 0 Å². The summed E-state index contributed by atoms with van der Waals surface area (Å²) in [4.78, 5) is 41.3. The van der Waals surface area contributed by atoms with Gasteiger partial charge in [-0.3, -0.25) is 9.59 Å². The minimum Gasteiger partial charge on any atom is -0.439 e. The maximum atomic E-state index is 14.6. The van der Waals surface area contributed by atoms with Crippen LogP contribution in [0.3, 0.4) is 0 Å². The second-order valence-electron chi connectivity index (χ2n) is 11.5. The molecule has 0 aliphatic carbocycles. The zero-order chi connectivity index (χ0) is 32.5. The molecule has 0 bridgehead atoms. The highest BCUT2D eigenvalue weighted by Crippen LogP contribution is 2.35. The van der Waals surface area contributed by atoms with E-state index in [0.29, 0.717) is 0 Å². The number of amides is 3. The lowest BCUT2D eigenvalue weighted by molar-refractivity contribution is -0.147. The Morgan fingerprint density at radius 1 is 0.826 bits per heavy atom. The Morgan fingerprint density at radius 3 is 1.87 bits per heavy atom. The smallest absolute Gasteiger partial charge is 0.417 e. The van der Waals surface area contributed by atoms with Crippen molar-refractivity contribution in [3.63, 3.8) is 0 Å². The number of benzene rings is 4. The van der Waals surface area contributed by atoms with E-state index in [4.69, 9.17) is 17.3 Å². The average Bonchev–Trinajstić information content (AvgIpc) is 3.38. The molecule has 1 saturated heterocycles. The molecule has 2 radical (unpaired) electrons. The van der Waals surface area contributed by atoms with Gasteiger partial charge in [-0.1, -0.05) is 121 Å². The fourth-order valence-electron chi connectivity index (χ4n) is 5.99. The number of rotatable bonds is 13. The molecule has 8 nitrogen and oxygen atoms in total. The van der Waals surface area contributed by atoms with Crippen molar-refractivity contribution in [3.8, 4) is 0 Å². The summed E-state index contributed by atoms with van der Waals surface area (Å²) in [5, 5.41) is 14.7. The zero-order valence-electron chi connectivity index (χ0n) is 25.6. The SMILES string of the molecule is [B]C(=O)N[C@H](Cc1ccccc1)[C@H](O)[C@@H](OCc1ccccc1)[C@H](Cc1ccccc1)C(=O)N1C(=O)O[C@H](c2ccccc2)[C@@H]1C. The van der Waals surface area contributed by atoms with Crippen molar-refractivity contribution in [3.05, 3.63) is 144 Å². The van der Waals surface area contributed by atoms with Crippen LogP contribution in [0, 0.1) is 5.92 Å². The number of hydrogen-bond donors (Lipinski definition) is 2. The van der Waals surface area contributed by atoms with Gasteiger partial charge in [-0.05, 0) is 42.0 Å². The highest BCUT2D eigenvalue weighted by Gasteiger charge is 2.48. The lowest BCUT2D eigenvalue weighted by atomic mass is 9.84. The van der Waals surface area contributed by atoms with Gasteiger partial charge in [-0.15, -0.1) is 0 Å². The van der Waals surface area contributed by atoms with Gasteiger partial charge in [0.2, 0.25) is 13.8 Å². The van der Waals surface area contributed by atoms with Crippen molar-refractivity contribution in [1.29, 1.82) is 0 Å². The fourth-order valence-corrected chi connectivity index (χ4v) is 5.99. The Hall–Kier alpha value is -4.73. The Kier molecular flexibility index (Phi) is 11.0. The van der Waals surface area contributed by atoms with Gasteiger partial charge in [-0.25, -0.2) is 9.69 Å². The molecule has 6 atom stereocenters. The second-order valence-corrected chi connectivity index (χ2v) is 11.5. The molecule has 1 aliphatic heterocycles. The summed E-state index contributed by atoms with van der Waals surface area (Å²) < 4.78 is 12.2. The van der Waals surface area contributed by atoms with Crippen molar-refractivity contribution >= 4 is 25.7 Å². The van der Waals surface area contributed by atoms with E-state index in [0.717, 1.165) is 27.2 Å². The number of nitrogens with zero attached hydrogens (tertiary/aromatic N) is 1. The van der Waals surface area contributed by atoms with E-state index in [1.165, 1.54) is 0 Å². The standard InChI is InChI=1S/C37H37BN2O6/c1-25-33(29-20-12-5-13-21-29)46-37(44)40(25)35(42)30(22-26-14-6-2-7-15-26)34(45-24-28-18-10-4-11-19-28)32(41)31(39-36(38)43)23-27-16-8-3-9-17-27/h2-21,25,30-34,41H,22-24H2,1H3,(H,39,43)/t25-,30-,31+,32-,33-,34-/m0/s1. The normalized spacial score (nSPS) is 18.7. The number of nitrogens with one attached hydrogen (secondary N) is 1. The number of aliphatic hydroxyl groups excluding tert-OH is 1. The van der Waals surface area contributed by atoms with Crippen LogP contribution >= 0.6 is 0 Å². The van der Waals surface area contributed by atoms with Crippen LogP contribution in [-0.2, 0) is 33.7 Å². The summed E-state index contributed by atoms with van der Waals surface area (Å²) in [5.41, 5.74) is 3.24. The molecule has 46 heavy (non-hydrogen) atoms. The molecule has 1 aliphatic rings. The maximum absolute atomic E-state index is 14.6. The molecule has 0 spiro atoms. The highest BCUT2D eigenvalue weighted by atomic mass is 16.6. The van der Waals surface area contributed by atoms with Crippen molar-refractivity contribution in [1.82, 2.24) is 10.2 Å². The van der Waals surface area contributed by atoms with E-state index in [1.54, 1.807) is 6.92 Å². The van der Waals surface area contributed by atoms with Gasteiger partial charge >= 0.3 is 6.09 Å². The van der Waals surface area contributed by atoms with Crippen LogP contribution in [-0.4, -0.2) is 60.0 Å². The van der Waals surface area contributed by atoms with Crippen molar-refractivity contribution in [2.24, 2.45) is 5.92 Å². The fraction of sp³-hybridized carbons (Fsp3) is 0.270. The molecule has 9 heteroatoms. The molecule has 1 fully saturated rings. The first kappa shape index (κ1) is 32.7. The molecule has 4 aromatic rings. The quantitative estimate of drug-likeness (QED) is 0.195. The monoisotopic (exact) mass is 616 g/mol. The number of aliphatic hydroxyl groups is 1. The molecule has 5 rings (SSSR count). The zero-order valence-corrected chi connectivity index (χ0v) is 25.6. The Bertz CT molecular complexity index is 1580. The third-order valence-corrected chi connectivity index (χ3v) is 8.31. The second kappa shape index (κ2) is 15.5. The maximum Gasteiger partial charge on any atom is 0.417 e. The first-order valence-corrected chi connectivity index (χ1v) is 15.4. The van der Waals surface area contributed by atoms with Gasteiger partial charge in [-0.2, -0.15) is 0 Å². The predicted octanol–water partition coefficient (Wildman–Crippen LogP) is 5.39. The van der Waals surface area contributed by atoms with Crippen LogP contribution < -0.4 is 5.32 Å². The molecular formula is C37H37BN2O6. The Labute approximate surface area is 270 Å². The number of hydrogen-bond acceptors (Lipinski definition) is 6. The van der Waals surface area contributed by atoms with Gasteiger partial charge in [0, 0.05) is 0 Å². The lowest BCUT2D eigenvalue weighted by Gasteiger charge is -2.36. The Balaban J connectivity index is 1.53. The van der Waals surface area contributed by atoms with E-state index in [1.807, 2.05) is 121 Å². The number of cyclic esters (lactones) is 1. The van der Waals surface area contributed by atoms with Gasteiger partial charge in [0.15, 0.2) is 5.81 Å². The molecule has 234 valence electrons. The summed E-state index contributed by atoms with van der Waals surface area (Å²) in [6.07, 6.45) is -3.61. The van der Waals surface area contributed by atoms with Gasteiger partial charge in [0.1, 0.15) is 12.2 Å². The summed E-state index contributed by atoms with van der Waals surface area (Å²) >= 11 is 0. The van der Waals surface area contributed by atoms with E-state index in [-0.39, 0.29) is 19.4 Å². The van der Waals surface area contributed by atoms with E-state index >= 15 is 0 Å². The topological polar surface area (TPSA) is 105 Å². The largest absolute Gasteiger partial charge is 0.439 e. The van der Waals surface area contributed by atoms with Crippen LogP contribution in [0.2, 0.25) is 0 Å². The van der Waals surface area contributed by atoms with Crippen molar-refractivity contribution < 1.29 is 29.0 Å². The number of ether oxygens (including phenoxy) is 2. The highest BCUT2D eigenvalue weighted by molar-refractivity contribution is 6.57. The van der Waals surface area contributed by atoms with Crippen LogP contribution in [0.4, 0.5) is 9.59 Å². The average molecular weight is 617 g/mol. The predicted molar refractivity (Wildman–Crippen MR) is 175 cm³/mol. The molecule has 4 aromatic carbocycles. The molecule has 2 N–H and O–H groups in total. The van der Waals surface area contributed by atoms with Gasteiger partial charge in [0.05, 0.1) is 30.7 Å². The van der Waals surface area contributed by atoms with E-state index in [9.17, 15) is 19.5 Å². The summed E-state index contributed by atoms with van der Waals surface area (Å²) in [6.45, 7) is 1.84. The molecule has 0 unspecified atom stereocenters. The van der Waals surface area contributed by atoms with Crippen molar-refractivity contribution in [2.45, 2.75) is 56.8 Å². The first-order valence-electron chi connectivity index (χ1n) is 15.4. The van der Waals surface area contributed by atoms with Crippen LogP contribution in [0.5, 0.6) is 0 Å². The summed E-state index contributed by atoms with van der Waals surface area (Å²) in [5.74, 6) is -2.41. The van der Waals surface area contributed by atoms with Crippen LogP contribution in [0.1, 0.15) is 35.3 Å². The molecular weight excluding hydrogens is 579 g/mol. The molecule has 3 amide bonds. The number of carbonyl (C=O) groups excluding carboxylic acids is 3. The number of imide groups is 1. The first-order chi connectivity index (χ1) is 22.3. The summed E-state index contributed by atoms with van der Waals surface area (Å²) in [7, 11) is 5.58. The molecule has 0 aromatic heterocycles. The van der Waals surface area contributed by atoms with E-state index in [2.05, 4.69) is 5.32 Å². The minimum absolute atomic E-state index is 0.0718. The molecule has 1 heterocycles. The summed E-state index contributed by atoms with van der Waals surface area (Å²) in [6, 6.07) is 35.8. The lowest BCUT2D eigenvalue weighted by Crippen LogP contribution is -2.56. The van der Waals surface area contributed by atoms with Gasteiger partial charge in [0.25, 0.3) is 0 Å². The third-order valence-electron chi connectivity index (χ3n) is 8.31. The van der Waals surface area contributed by atoms with Gasteiger partial charge < -0.3 is 19.9 Å². The van der Waals surface area contributed by atoms with Crippen LogP contribution in [0.25, 0.3) is 0 Å². The molecule has 0 saturated carbocycles. The third kappa shape index (κ3) is 8.10. The van der Waals surface area contributed by atoms with E-state index < -0.39 is 54.1 Å². The number of carbonyl (C=O) groups is 3. The Morgan fingerprint density at radius 2 is 1.33 bits per heavy atom. The minimum atomic E-state index is -1.40.